The summed E-state index contributed by atoms with van der Waals surface area (Å²) in [6.07, 6.45) is 0. The predicted molar refractivity (Wildman–Crippen MR) is 103 cm³/mol. The Morgan fingerprint density at radius 3 is 2.20 bits per heavy atom. The van der Waals surface area contributed by atoms with Crippen molar-refractivity contribution in [3.05, 3.63) is 53.6 Å². The van der Waals surface area contributed by atoms with Crippen LogP contribution in [0.25, 0.3) is 0 Å². The topological polar surface area (TPSA) is 70.2 Å². The van der Waals surface area contributed by atoms with E-state index >= 15 is 0 Å². The lowest BCUT2D eigenvalue weighted by Crippen LogP contribution is -2.22. The first-order valence-electron chi connectivity index (χ1n) is 8.37. The lowest BCUT2D eigenvalue weighted by molar-refractivity contribution is -0.119. The van der Waals surface area contributed by atoms with Crippen LogP contribution in [0.5, 0.6) is 0 Å². The number of rotatable bonds is 6. The molecule has 5 heteroatoms. The summed E-state index contributed by atoms with van der Waals surface area (Å²) in [6.45, 7) is 7.93. The summed E-state index contributed by atoms with van der Waals surface area (Å²) in [5.41, 5.74) is 4.62. The molecular weight excluding hydrogens is 314 g/mol. The number of aryl methyl sites for hydroxylation is 2. The molecule has 0 radical (unpaired) electrons. The summed E-state index contributed by atoms with van der Waals surface area (Å²) >= 11 is 0. The van der Waals surface area contributed by atoms with Crippen LogP contribution in [-0.2, 0) is 9.59 Å². The molecule has 3 N–H and O–H groups in total. The molecule has 0 unspecified atom stereocenters. The zero-order valence-corrected chi connectivity index (χ0v) is 15.1. The summed E-state index contributed by atoms with van der Waals surface area (Å²) in [7, 11) is 0. The normalized spacial score (nSPS) is 10.4. The second kappa shape index (κ2) is 8.33. The van der Waals surface area contributed by atoms with Gasteiger partial charge < -0.3 is 16.0 Å². The first-order chi connectivity index (χ1) is 11.8. The molecule has 0 spiro atoms. The quantitative estimate of drug-likeness (QED) is 0.746. The first-order valence-corrected chi connectivity index (χ1v) is 8.37. The molecule has 0 aliphatic rings. The van der Waals surface area contributed by atoms with Crippen molar-refractivity contribution in [3.63, 3.8) is 0 Å². The van der Waals surface area contributed by atoms with Gasteiger partial charge in [0.25, 0.3) is 0 Å². The second-order valence-corrected chi connectivity index (χ2v) is 6.43. The van der Waals surface area contributed by atoms with Gasteiger partial charge in [0.1, 0.15) is 0 Å². The highest BCUT2D eigenvalue weighted by Gasteiger charge is 2.08. The highest BCUT2D eigenvalue weighted by molar-refractivity contribution is 5.96. The van der Waals surface area contributed by atoms with Gasteiger partial charge in [-0.2, -0.15) is 0 Å². The number of amides is 2. The van der Waals surface area contributed by atoms with Crippen molar-refractivity contribution in [3.8, 4) is 0 Å². The smallest absolute Gasteiger partial charge is 0.243 e. The molecular formula is C20H25N3O2. The van der Waals surface area contributed by atoms with E-state index in [1.165, 1.54) is 11.1 Å². The number of nitrogens with one attached hydrogen (secondary N) is 3. The van der Waals surface area contributed by atoms with Gasteiger partial charge in [-0.15, -0.1) is 0 Å². The van der Waals surface area contributed by atoms with E-state index in [0.29, 0.717) is 11.4 Å². The van der Waals surface area contributed by atoms with Crippen molar-refractivity contribution in [2.45, 2.75) is 27.7 Å². The maximum atomic E-state index is 12.1. The molecule has 0 aliphatic heterocycles. The number of hydrogen-bond acceptors (Lipinski definition) is 3. The lowest BCUT2D eigenvalue weighted by atomic mass is 10.1. The summed E-state index contributed by atoms with van der Waals surface area (Å²) < 4.78 is 0. The van der Waals surface area contributed by atoms with Gasteiger partial charge in [0.15, 0.2) is 0 Å². The van der Waals surface area contributed by atoms with Gasteiger partial charge in [-0.05, 0) is 55.3 Å². The molecule has 0 aliphatic carbocycles. The Bertz CT molecular complexity index is 769. The molecule has 5 nitrogen and oxygen atoms in total. The van der Waals surface area contributed by atoms with Crippen LogP contribution in [0.3, 0.4) is 0 Å². The van der Waals surface area contributed by atoms with Gasteiger partial charge >= 0.3 is 0 Å². The van der Waals surface area contributed by atoms with Crippen molar-refractivity contribution < 1.29 is 9.59 Å². The summed E-state index contributed by atoms with van der Waals surface area (Å²) in [5.74, 6) is -0.300. The molecule has 25 heavy (non-hydrogen) atoms. The standard InChI is InChI=1S/C20H25N3O2/c1-13(2)20(25)23-18-7-5-6-17(11-18)22-19(24)12-21-16-9-8-14(3)15(4)10-16/h5-11,13,21H,12H2,1-4H3,(H,22,24)(H,23,25). The summed E-state index contributed by atoms with van der Waals surface area (Å²) in [6, 6.07) is 13.1. The Morgan fingerprint density at radius 1 is 0.880 bits per heavy atom. The monoisotopic (exact) mass is 339 g/mol. The minimum absolute atomic E-state index is 0.0557. The zero-order chi connectivity index (χ0) is 18.4. The summed E-state index contributed by atoms with van der Waals surface area (Å²) in [4.78, 5) is 23.9. The van der Waals surface area contributed by atoms with Crippen LogP contribution in [0.15, 0.2) is 42.5 Å². The average molecular weight is 339 g/mol. The molecule has 2 aromatic carbocycles. The van der Waals surface area contributed by atoms with Crippen LogP contribution in [0.4, 0.5) is 17.1 Å². The molecule has 2 rings (SSSR count). The third-order valence-electron chi connectivity index (χ3n) is 3.90. The van der Waals surface area contributed by atoms with E-state index < -0.39 is 0 Å². The van der Waals surface area contributed by atoms with Gasteiger partial charge in [-0.25, -0.2) is 0 Å². The Morgan fingerprint density at radius 2 is 1.56 bits per heavy atom. The van der Waals surface area contributed by atoms with E-state index in [4.69, 9.17) is 0 Å². The average Bonchev–Trinajstić information content (AvgIpc) is 2.56. The molecule has 0 fully saturated rings. The fourth-order valence-corrected chi connectivity index (χ4v) is 2.20. The van der Waals surface area contributed by atoms with E-state index in [1.54, 1.807) is 24.3 Å². The molecule has 0 bridgehead atoms. The number of anilines is 3. The molecule has 0 aromatic heterocycles. The highest BCUT2D eigenvalue weighted by Crippen LogP contribution is 2.17. The van der Waals surface area contributed by atoms with Crippen molar-refractivity contribution in [2.75, 3.05) is 22.5 Å². The fraction of sp³-hybridized carbons (Fsp3) is 0.300. The fourth-order valence-electron chi connectivity index (χ4n) is 2.20. The van der Waals surface area contributed by atoms with Gasteiger partial charge in [0, 0.05) is 23.0 Å². The van der Waals surface area contributed by atoms with Gasteiger partial charge in [-0.1, -0.05) is 26.0 Å². The molecule has 2 aromatic rings. The molecule has 0 atom stereocenters. The molecule has 132 valence electrons. The molecule has 0 heterocycles. The Balaban J connectivity index is 1.91. The Kier molecular flexibility index (Phi) is 6.17. The number of carbonyl (C=O) groups excluding carboxylic acids is 2. The summed E-state index contributed by atoms with van der Waals surface area (Å²) in [5, 5.41) is 8.76. The van der Waals surface area contributed by atoms with Crippen molar-refractivity contribution in [1.29, 1.82) is 0 Å². The van der Waals surface area contributed by atoms with Crippen LogP contribution in [0, 0.1) is 19.8 Å². The predicted octanol–water partition coefficient (Wildman–Crippen LogP) is 3.95. The second-order valence-electron chi connectivity index (χ2n) is 6.43. The lowest BCUT2D eigenvalue weighted by Gasteiger charge is -2.11. The Hall–Kier alpha value is -2.82. The zero-order valence-electron chi connectivity index (χ0n) is 15.1. The molecule has 2 amide bonds. The number of hydrogen-bond donors (Lipinski definition) is 3. The van der Waals surface area contributed by atoms with Crippen molar-refractivity contribution in [1.82, 2.24) is 0 Å². The highest BCUT2D eigenvalue weighted by atomic mass is 16.2. The number of carbonyl (C=O) groups is 2. The maximum Gasteiger partial charge on any atom is 0.243 e. The minimum Gasteiger partial charge on any atom is -0.376 e. The number of benzene rings is 2. The van der Waals surface area contributed by atoms with E-state index in [0.717, 1.165) is 5.69 Å². The minimum atomic E-state index is -0.148. The van der Waals surface area contributed by atoms with E-state index in [-0.39, 0.29) is 24.3 Å². The van der Waals surface area contributed by atoms with E-state index in [2.05, 4.69) is 22.9 Å². The van der Waals surface area contributed by atoms with Gasteiger partial charge in [0.05, 0.1) is 6.54 Å². The SMILES string of the molecule is Cc1ccc(NCC(=O)Nc2cccc(NC(=O)C(C)C)c2)cc1C. The third-order valence-corrected chi connectivity index (χ3v) is 3.90. The van der Waals surface area contributed by atoms with Gasteiger partial charge in [0.2, 0.25) is 11.8 Å². The van der Waals surface area contributed by atoms with Crippen LogP contribution in [0.2, 0.25) is 0 Å². The van der Waals surface area contributed by atoms with E-state index in [9.17, 15) is 9.59 Å². The third kappa shape index (κ3) is 5.64. The first kappa shape index (κ1) is 18.5. The maximum absolute atomic E-state index is 12.1. The van der Waals surface area contributed by atoms with Crippen LogP contribution >= 0.6 is 0 Å². The van der Waals surface area contributed by atoms with Gasteiger partial charge in [-0.3, -0.25) is 9.59 Å². The Labute approximate surface area is 148 Å². The van der Waals surface area contributed by atoms with Crippen LogP contribution < -0.4 is 16.0 Å². The van der Waals surface area contributed by atoms with Crippen molar-refractivity contribution in [2.24, 2.45) is 5.92 Å². The molecule has 0 saturated carbocycles. The van der Waals surface area contributed by atoms with Crippen LogP contribution in [-0.4, -0.2) is 18.4 Å². The molecule has 0 saturated heterocycles. The van der Waals surface area contributed by atoms with Crippen molar-refractivity contribution >= 4 is 28.9 Å². The largest absolute Gasteiger partial charge is 0.376 e. The van der Waals surface area contributed by atoms with Crippen LogP contribution in [0.1, 0.15) is 25.0 Å². The van der Waals surface area contributed by atoms with E-state index in [1.807, 2.05) is 39.0 Å².